The number of aromatic nitrogens is 2. The standard InChI is InChI=1S/C18H24N4O2/c1-12-2-5-17(24-12)15-10-16(21-20-15)18(23)22-8-6-14(7-9-22)19-11-13-3-4-13/h2,5,10,13-14,19H,3-4,6-9,11H2,1H3,(H,20,21). The van der Waals surface area contributed by atoms with Gasteiger partial charge in [0.25, 0.3) is 5.91 Å². The zero-order valence-electron chi connectivity index (χ0n) is 14.0. The first-order valence-electron chi connectivity index (χ1n) is 8.84. The molecule has 0 aromatic carbocycles. The molecule has 2 N–H and O–H groups in total. The first-order valence-corrected chi connectivity index (χ1v) is 8.84. The lowest BCUT2D eigenvalue weighted by molar-refractivity contribution is 0.0699. The van der Waals surface area contributed by atoms with E-state index in [-0.39, 0.29) is 5.91 Å². The minimum absolute atomic E-state index is 0.00132. The zero-order chi connectivity index (χ0) is 16.5. The average Bonchev–Trinajstić information content (AvgIpc) is 3.12. The Bertz CT molecular complexity index is 708. The van der Waals surface area contributed by atoms with Crippen LogP contribution in [-0.2, 0) is 0 Å². The van der Waals surface area contributed by atoms with Crippen molar-refractivity contribution in [3.05, 3.63) is 29.7 Å². The molecule has 24 heavy (non-hydrogen) atoms. The summed E-state index contributed by atoms with van der Waals surface area (Å²) in [6.45, 7) is 4.63. The van der Waals surface area contributed by atoms with Crippen molar-refractivity contribution in [3.8, 4) is 11.5 Å². The van der Waals surface area contributed by atoms with Crippen molar-refractivity contribution in [2.75, 3.05) is 19.6 Å². The second kappa shape index (κ2) is 6.43. The van der Waals surface area contributed by atoms with Gasteiger partial charge in [0.2, 0.25) is 0 Å². The predicted molar refractivity (Wildman–Crippen MR) is 90.7 cm³/mol. The number of furan rings is 1. The van der Waals surface area contributed by atoms with E-state index in [0.717, 1.165) is 49.8 Å². The summed E-state index contributed by atoms with van der Waals surface area (Å²) in [6, 6.07) is 6.11. The van der Waals surface area contributed by atoms with Crippen LogP contribution in [0.5, 0.6) is 0 Å². The van der Waals surface area contributed by atoms with Crippen molar-refractivity contribution < 1.29 is 9.21 Å². The number of nitrogens with zero attached hydrogens (tertiary/aromatic N) is 2. The van der Waals surface area contributed by atoms with Crippen molar-refractivity contribution in [1.82, 2.24) is 20.4 Å². The highest BCUT2D eigenvalue weighted by atomic mass is 16.3. The largest absolute Gasteiger partial charge is 0.460 e. The summed E-state index contributed by atoms with van der Waals surface area (Å²) in [6.07, 6.45) is 4.79. The molecule has 128 valence electrons. The highest BCUT2D eigenvalue weighted by Gasteiger charge is 2.27. The fraction of sp³-hybridized carbons (Fsp3) is 0.556. The van der Waals surface area contributed by atoms with Gasteiger partial charge in [0.05, 0.1) is 0 Å². The van der Waals surface area contributed by atoms with Gasteiger partial charge in [-0.2, -0.15) is 5.10 Å². The lowest BCUT2D eigenvalue weighted by Gasteiger charge is -2.32. The molecule has 2 aromatic heterocycles. The summed E-state index contributed by atoms with van der Waals surface area (Å²) < 4.78 is 5.57. The maximum atomic E-state index is 12.6. The van der Waals surface area contributed by atoms with Crippen molar-refractivity contribution in [3.63, 3.8) is 0 Å². The van der Waals surface area contributed by atoms with Crippen LogP contribution in [0, 0.1) is 12.8 Å². The van der Waals surface area contributed by atoms with Gasteiger partial charge >= 0.3 is 0 Å². The van der Waals surface area contributed by atoms with Crippen LogP contribution in [0.25, 0.3) is 11.5 Å². The first kappa shape index (κ1) is 15.4. The third-order valence-corrected chi connectivity index (χ3v) is 4.98. The summed E-state index contributed by atoms with van der Waals surface area (Å²) in [7, 11) is 0. The number of aryl methyl sites for hydroxylation is 1. The summed E-state index contributed by atoms with van der Waals surface area (Å²) in [5.41, 5.74) is 1.20. The monoisotopic (exact) mass is 328 g/mol. The van der Waals surface area contributed by atoms with Crippen LogP contribution in [0.4, 0.5) is 0 Å². The molecule has 2 fully saturated rings. The summed E-state index contributed by atoms with van der Waals surface area (Å²) in [5.74, 6) is 2.45. The van der Waals surface area contributed by atoms with Gasteiger partial charge in [-0.3, -0.25) is 9.89 Å². The molecule has 6 heteroatoms. The number of nitrogens with one attached hydrogen (secondary N) is 2. The molecule has 0 unspecified atom stereocenters. The molecular formula is C18H24N4O2. The van der Waals surface area contributed by atoms with E-state index in [2.05, 4.69) is 15.5 Å². The van der Waals surface area contributed by atoms with Crippen molar-refractivity contribution in [1.29, 1.82) is 0 Å². The Morgan fingerprint density at radius 2 is 2.12 bits per heavy atom. The number of carbonyl (C=O) groups excluding carboxylic acids is 1. The SMILES string of the molecule is Cc1ccc(-c2cc(C(=O)N3CCC(NCC4CC4)CC3)n[nH]2)o1. The third-order valence-electron chi connectivity index (χ3n) is 4.98. The molecule has 1 saturated heterocycles. The topological polar surface area (TPSA) is 74.2 Å². The average molecular weight is 328 g/mol. The van der Waals surface area contributed by atoms with E-state index in [1.807, 2.05) is 24.0 Å². The molecule has 3 heterocycles. The van der Waals surface area contributed by atoms with Crippen LogP contribution in [0.15, 0.2) is 22.6 Å². The number of amides is 1. The van der Waals surface area contributed by atoms with Crippen LogP contribution >= 0.6 is 0 Å². The number of likely N-dealkylation sites (tertiary alicyclic amines) is 1. The van der Waals surface area contributed by atoms with E-state index < -0.39 is 0 Å². The Balaban J connectivity index is 1.33. The third kappa shape index (κ3) is 3.38. The number of H-pyrrole nitrogens is 1. The molecule has 6 nitrogen and oxygen atoms in total. The minimum atomic E-state index is 0.00132. The Morgan fingerprint density at radius 1 is 1.33 bits per heavy atom. The molecule has 1 saturated carbocycles. The number of hydrogen-bond acceptors (Lipinski definition) is 4. The molecule has 0 radical (unpaired) electrons. The number of piperidine rings is 1. The molecule has 0 spiro atoms. The van der Waals surface area contributed by atoms with Crippen LogP contribution < -0.4 is 5.32 Å². The molecular weight excluding hydrogens is 304 g/mol. The number of carbonyl (C=O) groups is 1. The second-order valence-electron chi connectivity index (χ2n) is 7.00. The number of rotatable bonds is 5. The van der Waals surface area contributed by atoms with Gasteiger partial charge in [-0.05, 0) is 57.2 Å². The van der Waals surface area contributed by atoms with Gasteiger partial charge in [-0.25, -0.2) is 0 Å². The molecule has 2 aromatic rings. The normalized spacial score (nSPS) is 19.0. The van der Waals surface area contributed by atoms with E-state index >= 15 is 0 Å². The highest BCUT2D eigenvalue weighted by Crippen LogP contribution is 2.28. The lowest BCUT2D eigenvalue weighted by atomic mass is 10.0. The quantitative estimate of drug-likeness (QED) is 0.885. The Kier molecular flexibility index (Phi) is 4.14. The second-order valence-corrected chi connectivity index (χ2v) is 7.00. The van der Waals surface area contributed by atoms with Crippen LogP contribution in [0.3, 0.4) is 0 Å². The van der Waals surface area contributed by atoms with Gasteiger partial charge < -0.3 is 14.6 Å². The van der Waals surface area contributed by atoms with Crippen LogP contribution in [-0.4, -0.2) is 46.7 Å². The summed E-state index contributed by atoms with van der Waals surface area (Å²) >= 11 is 0. The molecule has 0 atom stereocenters. The summed E-state index contributed by atoms with van der Waals surface area (Å²) in [5, 5.41) is 10.7. The van der Waals surface area contributed by atoms with Crippen molar-refractivity contribution in [2.45, 2.75) is 38.6 Å². The van der Waals surface area contributed by atoms with E-state index in [4.69, 9.17) is 4.42 Å². The van der Waals surface area contributed by atoms with Crippen LogP contribution in [0.2, 0.25) is 0 Å². The predicted octanol–water partition coefficient (Wildman–Crippen LogP) is 2.58. The van der Waals surface area contributed by atoms with Gasteiger partial charge in [0.1, 0.15) is 11.5 Å². The van der Waals surface area contributed by atoms with E-state index in [0.29, 0.717) is 17.5 Å². The maximum Gasteiger partial charge on any atom is 0.274 e. The van der Waals surface area contributed by atoms with Crippen molar-refractivity contribution >= 4 is 5.91 Å². The van der Waals surface area contributed by atoms with Gasteiger partial charge in [0, 0.05) is 25.2 Å². The van der Waals surface area contributed by atoms with E-state index in [9.17, 15) is 4.79 Å². The fourth-order valence-corrected chi connectivity index (χ4v) is 3.24. The van der Waals surface area contributed by atoms with Gasteiger partial charge in [-0.1, -0.05) is 0 Å². The van der Waals surface area contributed by atoms with Crippen molar-refractivity contribution in [2.24, 2.45) is 5.92 Å². The van der Waals surface area contributed by atoms with E-state index in [1.165, 1.54) is 12.8 Å². The Hall–Kier alpha value is -2.08. The fourth-order valence-electron chi connectivity index (χ4n) is 3.24. The molecule has 4 rings (SSSR count). The number of hydrogen-bond donors (Lipinski definition) is 2. The zero-order valence-corrected chi connectivity index (χ0v) is 14.0. The van der Waals surface area contributed by atoms with E-state index in [1.54, 1.807) is 6.07 Å². The van der Waals surface area contributed by atoms with Crippen LogP contribution in [0.1, 0.15) is 41.9 Å². The van der Waals surface area contributed by atoms with Gasteiger partial charge in [-0.15, -0.1) is 0 Å². The molecule has 1 amide bonds. The smallest absolute Gasteiger partial charge is 0.274 e. The van der Waals surface area contributed by atoms with Gasteiger partial charge in [0.15, 0.2) is 11.5 Å². The summed E-state index contributed by atoms with van der Waals surface area (Å²) in [4.78, 5) is 14.5. The Labute approximate surface area is 141 Å². The molecule has 2 aliphatic rings. The molecule has 1 aliphatic carbocycles. The first-order chi connectivity index (χ1) is 11.7. The highest BCUT2D eigenvalue weighted by molar-refractivity contribution is 5.93. The Morgan fingerprint density at radius 3 is 2.79 bits per heavy atom. The number of aromatic amines is 1. The maximum absolute atomic E-state index is 12.6. The lowest BCUT2D eigenvalue weighted by Crippen LogP contribution is -2.45. The molecule has 1 aliphatic heterocycles. The molecule has 0 bridgehead atoms. The minimum Gasteiger partial charge on any atom is -0.460 e.